The highest BCUT2D eigenvalue weighted by atomic mass is 28.3. The maximum absolute atomic E-state index is 4.04. The zero-order chi connectivity index (χ0) is 58.2. The molecular weight excluding hydrogens is 1040 g/mol. The van der Waals surface area contributed by atoms with Crippen LogP contribution >= 0.6 is 0 Å². The minimum absolute atomic E-state index is 0.0673. The maximum atomic E-state index is 2.59. The van der Waals surface area contributed by atoms with Crippen LogP contribution in [0.5, 0.6) is 0 Å². The van der Waals surface area contributed by atoms with Crippen LogP contribution in [0.1, 0.15) is 44.4 Å². The van der Waals surface area contributed by atoms with E-state index in [2.05, 4.69) is 340 Å². The van der Waals surface area contributed by atoms with E-state index >= 15 is 0 Å². The van der Waals surface area contributed by atoms with Gasteiger partial charge in [-0.25, -0.2) is 0 Å². The first-order valence-corrected chi connectivity index (χ1v) is 32.1. The molecule has 0 saturated heterocycles. The van der Waals surface area contributed by atoms with Crippen molar-refractivity contribution in [2.45, 2.75) is 48.5 Å². The number of hydrogen-bond donors (Lipinski definition) is 0. The number of rotatable bonds is 13. The molecule has 0 aliphatic heterocycles. The molecule has 1 aliphatic carbocycles. The van der Waals surface area contributed by atoms with Gasteiger partial charge < -0.3 is 0 Å². The molecule has 1 heteroatoms. The van der Waals surface area contributed by atoms with Crippen molar-refractivity contribution in [3.63, 3.8) is 0 Å². The molecule has 0 bridgehead atoms. The molecule has 12 aromatic rings. The molecule has 0 fully saturated rings. The second-order valence-electron chi connectivity index (χ2n) is 23.2. The van der Waals surface area contributed by atoms with E-state index in [1.165, 1.54) is 154 Å². The third-order valence-electron chi connectivity index (χ3n) is 18.4. The lowest BCUT2D eigenvalue weighted by molar-refractivity contribution is 0.851. The molecule has 410 valence electrons. The van der Waals surface area contributed by atoms with Gasteiger partial charge in [-0.3, -0.25) is 0 Å². The molecule has 0 amide bonds. The Labute approximate surface area is 504 Å². The highest BCUT2D eigenvalue weighted by Gasteiger charge is 2.55. The molecule has 12 aromatic carbocycles. The summed E-state index contributed by atoms with van der Waals surface area (Å²) in [5.41, 5.74) is 30.0. The molecule has 0 spiro atoms. The Balaban J connectivity index is 1.42. The molecule has 13 rings (SSSR count). The Morgan fingerprint density at radius 2 is 0.435 bits per heavy atom. The van der Waals surface area contributed by atoms with E-state index < -0.39 is 8.07 Å². The monoisotopic (exact) mass is 1110 g/mol. The van der Waals surface area contributed by atoms with Gasteiger partial charge in [0.05, 0.1) is 0 Å². The predicted molar refractivity (Wildman–Crippen MR) is 367 cm³/mol. The lowest BCUT2D eigenvalue weighted by atomic mass is 9.85. The number of hydrogen-bond acceptors (Lipinski definition) is 0. The van der Waals surface area contributed by atoms with Gasteiger partial charge in [0.1, 0.15) is 0 Å². The lowest BCUT2D eigenvalue weighted by Gasteiger charge is -2.46. The first-order chi connectivity index (χ1) is 41.7. The van der Waals surface area contributed by atoms with Crippen LogP contribution in [-0.2, 0) is 0 Å². The minimum Gasteiger partial charge on any atom is -0.0636 e. The van der Waals surface area contributed by atoms with Crippen LogP contribution in [0, 0.1) is 26.7 Å². The summed E-state index contributed by atoms with van der Waals surface area (Å²) in [6, 6.07) is 110. The average molecular weight is 1110 g/mol. The molecule has 0 nitrogen and oxygen atoms in total. The van der Waals surface area contributed by atoms with Crippen LogP contribution < -0.4 is 15.6 Å². The molecule has 0 aromatic heterocycles. The molecular formula is C84H70Si. The average Bonchev–Trinajstić information content (AvgIpc) is 1.83. The minimum atomic E-state index is -4.04. The van der Waals surface area contributed by atoms with Gasteiger partial charge in [-0.15, -0.1) is 0 Å². The summed E-state index contributed by atoms with van der Waals surface area (Å²) in [5, 5.41) is 5.78. The first-order valence-electron chi connectivity index (χ1n) is 30.1. The Bertz CT molecular complexity index is 4030. The van der Waals surface area contributed by atoms with Crippen LogP contribution in [-0.4, -0.2) is 8.07 Å². The van der Waals surface area contributed by atoms with Crippen molar-refractivity contribution in [2.24, 2.45) is 5.92 Å². The van der Waals surface area contributed by atoms with Gasteiger partial charge in [0.2, 0.25) is 0 Å². The van der Waals surface area contributed by atoms with E-state index in [1.807, 2.05) is 0 Å². The van der Waals surface area contributed by atoms with Crippen molar-refractivity contribution in [1.82, 2.24) is 0 Å². The van der Waals surface area contributed by atoms with Gasteiger partial charge in [0.25, 0.3) is 0 Å². The summed E-state index contributed by atoms with van der Waals surface area (Å²) < 4.78 is 0. The van der Waals surface area contributed by atoms with Gasteiger partial charge in [-0.1, -0.05) is 314 Å². The van der Waals surface area contributed by atoms with E-state index in [9.17, 15) is 0 Å². The zero-order valence-electron chi connectivity index (χ0n) is 49.8. The topological polar surface area (TPSA) is 0 Å². The molecule has 1 unspecified atom stereocenters. The maximum Gasteiger partial charge on any atom is 0.179 e. The van der Waals surface area contributed by atoms with Gasteiger partial charge in [-0.2, -0.15) is 0 Å². The van der Waals surface area contributed by atoms with Crippen LogP contribution in [0.3, 0.4) is 0 Å². The highest BCUT2D eigenvalue weighted by Crippen LogP contribution is 2.52. The predicted octanol–water partition coefficient (Wildman–Crippen LogP) is 20.9. The van der Waals surface area contributed by atoms with Crippen LogP contribution in [0.2, 0.25) is 0 Å². The number of aryl methyl sites for hydroxylation is 3. The molecule has 0 radical (unpaired) electrons. The molecule has 1 aliphatic rings. The Morgan fingerprint density at radius 3 is 0.635 bits per heavy atom. The van der Waals surface area contributed by atoms with Crippen LogP contribution in [0.4, 0.5) is 0 Å². The smallest absolute Gasteiger partial charge is 0.0636 e. The van der Waals surface area contributed by atoms with E-state index in [1.54, 1.807) is 0 Å². The quantitative estimate of drug-likeness (QED) is 0.0797. The van der Waals surface area contributed by atoms with Crippen molar-refractivity contribution in [3.05, 3.63) is 330 Å². The fraction of sp³-hybridized carbons (Fsp3) is 0.0952. The first kappa shape index (κ1) is 54.6. The summed E-state index contributed by atoms with van der Waals surface area (Å²) >= 11 is 0. The summed E-state index contributed by atoms with van der Waals surface area (Å²) in [6.45, 7) is 17.3. The molecule has 0 heterocycles. The summed E-state index contributed by atoms with van der Waals surface area (Å²) in [5.74, 6) is 0.0673. The Morgan fingerprint density at radius 1 is 0.235 bits per heavy atom. The van der Waals surface area contributed by atoms with E-state index in [0.29, 0.717) is 0 Å². The summed E-state index contributed by atoms with van der Waals surface area (Å²) in [4.78, 5) is 0. The van der Waals surface area contributed by atoms with Crippen molar-refractivity contribution in [1.29, 1.82) is 0 Å². The Hall–Kier alpha value is -9.66. The summed E-state index contributed by atoms with van der Waals surface area (Å²) in [7, 11) is -4.04. The van der Waals surface area contributed by atoms with Crippen molar-refractivity contribution >= 4 is 23.6 Å². The molecule has 0 saturated carbocycles. The molecule has 0 N–H and O–H groups in total. The van der Waals surface area contributed by atoms with E-state index in [0.717, 1.165) is 0 Å². The van der Waals surface area contributed by atoms with Gasteiger partial charge >= 0.3 is 0 Å². The number of benzene rings is 12. The second kappa shape index (κ2) is 23.2. The van der Waals surface area contributed by atoms with E-state index in [4.69, 9.17) is 0 Å². The van der Waals surface area contributed by atoms with E-state index in [-0.39, 0.29) is 5.92 Å². The Kier molecular flexibility index (Phi) is 14.9. The van der Waals surface area contributed by atoms with Crippen molar-refractivity contribution < 1.29 is 0 Å². The third-order valence-corrected chi connectivity index (χ3v) is 24.2. The third kappa shape index (κ3) is 9.50. The largest absolute Gasteiger partial charge is 0.179 e. The molecule has 85 heavy (non-hydrogen) atoms. The normalized spacial score (nSPS) is 13.4. The van der Waals surface area contributed by atoms with Crippen molar-refractivity contribution in [2.75, 3.05) is 0 Å². The molecule has 1 atom stereocenters. The fourth-order valence-electron chi connectivity index (χ4n) is 14.6. The SMILES string of the molecule is CC1=C(C)C(C)C([Si](c2c(C)cc(-c3ccccc3)c(-c3ccccc3)c2-c2ccccc2)(c2c(C)cc(-c3ccccc3)c(-c3ccccc3)c2-c2ccccc2)c2c(C)cc(-c3ccccc3)c(-c3ccccc3)c2-c2ccccc2)=C1C. The van der Waals surface area contributed by atoms with Crippen LogP contribution in [0.15, 0.2) is 313 Å². The standard InChI is InChI=1S/C84H70Si/c1-56-53-72(63-35-17-8-18-36-63)75(66-41-23-11-24-42-66)78(69-47-29-14-30-48-69)81(56)85(84-61(6)59(4)60(5)62(84)7,82-57(2)54-73(64-37-19-9-20-38-64)76(67-43-25-12-26-44-67)79(82)70-49-31-15-32-50-70)83-58(3)55-74(65-39-21-10-22-40-65)77(68-45-27-13-28-46-68)80(83)71-51-33-16-34-52-71/h8-55,61H,1-7H3. The van der Waals surface area contributed by atoms with Gasteiger partial charge in [0.15, 0.2) is 8.07 Å². The van der Waals surface area contributed by atoms with Crippen molar-refractivity contribution in [3.8, 4) is 100 Å². The van der Waals surface area contributed by atoms with Gasteiger partial charge in [-0.05, 0) is 185 Å². The zero-order valence-corrected chi connectivity index (χ0v) is 50.8. The fourth-order valence-corrected chi connectivity index (χ4v) is 21.7. The lowest BCUT2D eigenvalue weighted by Crippen LogP contribution is -2.73. The van der Waals surface area contributed by atoms with Gasteiger partial charge in [0, 0.05) is 0 Å². The highest BCUT2D eigenvalue weighted by molar-refractivity contribution is 7.19. The summed E-state index contributed by atoms with van der Waals surface area (Å²) in [6.07, 6.45) is 0. The number of allylic oxidation sites excluding steroid dienone is 4. The second-order valence-corrected chi connectivity index (χ2v) is 26.7. The van der Waals surface area contributed by atoms with Crippen LogP contribution in [0.25, 0.3) is 100 Å².